The largest absolute Gasteiger partial charge is 0.383 e. The molecule has 0 unspecified atom stereocenters. The van der Waals surface area contributed by atoms with Crippen LogP contribution in [0, 0.1) is 16.7 Å². The maximum absolute atomic E-state index is 9.88. The lowest BCUT2D eigenvalue weighted by Gasteiger charge is -2.42. The van der Waals surface area contributed by atoms with Gasteiger partial charge in [0.15, 0.2) is 0 Å². The van der Waals surface area contributed by atoms with Gasteiger partial charge in [0.25, 0.3) is 0 Å². The van der Waals surface area contributed by atoms with Gasteiger partial charge in [0.05, 0.1) is 34.9 Å². The minimum atomic E-state index is -1.44. The van der Waals surface area contributed by atoms with Crippen molar-refractivity contribution in [3.8, 4) is 6.07 Å². The van der Waals surface area contributed by atoms with E-state index in [-0.39, 0.29) is 17.0 Å². The monoisotopic (exact) mass is 621 g/mol. The summed E-state index contributed by atoms with van der Waals surface area (Å²) in [6.45, 7) is 15.8. The van der Waals surface area contributed by atoms with Crippen LogP contribution in [-0.2, 0) is 0 Å². The van der Waals surface area contributed by atoms with Crippen molar-refractivity contribution in [2.45, 2.75) is 72.0 Å². The van der Waals surface area contributed by atoms with Crippen LogP contribution in [0.4, 0.5) is 11.4 Å². The van der Waals surface area contributed by atoms with Crippen molar-refractivity contribution in [2.24, 2.45) is 5.41 Å². The fourth-order valence-electron chi connectivity index (χ4n) is 5.48. The summed E-state index contributed by atoms with van der Waals surface area (Å²) in [5.74, 6) is 0. The molecule has 2 aromatic carbocycles. The van der Waals surface area contributed by atoms with Crippen LogP contribution in [0.3, 0.4) is 0 Å². The SMILES string of the molecule is [2H][C@](Nc1cc(Cl)c2ncc(C#N)c(NCC(C)(C)C)c2c1)(C1=CN(C2CCN(C(C)(C)C)CC2)NN1)c1ccc(Cl)cc1. The second-order valence-electron chi connectivity index (χ2n) is 13.5. The Labute approximate surface area is 266 Å². The van der Waals surface area contributed by atoms with Crippen LogP contribution in [0.25, 0.3) is 10.9 Å². The third-order valence-corrected chi connectivity index (χ3v) is 8.45. The van der Waals surface area contributed by atoms with Gasteiger partial charge in [-0.1, -0.05) is 56.1 Å². The summed E-state index contributed by atoms with van der Waals surface area (Å²) in [4.78, 5) is 7.01. The Bertz CT molecular complexity index is 1580. The van der Waals surface area contributed by atoms with Crippen LogP contribution in [0.15, 0.2) is 54.5 Å². The first-order chi connectivity index (χ1) is 20.7. The summed E-state index contributed by atoms with van der Waals surface area (Å²) < 4.78 is 9.87. The fraction of sp³-hybridized carbons (Fsp3) is 0.455. The number of aromatic nitrogens is 1. The number of fused-ring (bicyclic) bond motifs is 1. The number of likely N-dealkylation sites (tertiary alicyclic amines) is 1. The third-order valence-electron chi connectivity index (χ3n) is 7.91. The van der Waals surface area contributed by atoms with E-state index in [1.54, 1.807) is 24.4 Å². The molecule has 2 aliphatic heterocycles. The first-order valence-electron chi connectivity index (χ1n) is 15.3. The van der Waals surface area contributed by atoms with E-state index in [0.717, 1.165) is 25.9 Å². The quantitative estimate of drug-likeness (QED) is 0.216. The van der Waals surface area contributed by atoms with E-state index in [1.807, 2.05) is 24.4 Å². The van der Waals surface area contributed by atoms with E-state index in [1.165, 1.54) is 0 Å². The van der Waals surface area contributed by atoms with Gasteiger partial charge >= 0.3 is 0 Å². The molecule has 4 N–H and O–H groups in total. The maximum atomic E-state index is 9.88. The molecular weight excluding hydrogens is 579 g/mol. The highest BCUT2D eigenvalue weighted by molar-refractivity contribution is 6.36. The second-order valence-corrected chi connectivity index (χ2v) is 14.4. The summed E-state index contributed by atoms with van der Waals surface area (Å²) in [6, 6.07) is 12.1. The molecule has 0 saturated carbocycles. The maximum Gasteiger partial charge on any atom is 0.103 e. The molecule has 1 saturated heterocycles. The standard InChI is InChI=1S/C33H42Cl2N8/c1-32(2,3)20-38-29-22(17-36)18-37-31-26(29)15-24(16-27(31)35)39-30(21-7-9-23(34)10-8-21)28-19-43(41-40-28)25-11-13-42(14-12-25)33(4,5)6/h7-10,15-16,18-19,25,30,39-41H,11-14,20H2,1-6H3,(H,37,38)/t30-/m1/s1/i30D. The Kier molecular flexibility index (Phi) is 8.61. The number of hydrogen-bond donors (Lipinski definition) is 4. The Morgan fingerprint density at radius 3 is 2.44 bits per heavy atom. The fourth-order valence-corrected chi connectivity index (χ4v) is 5.88. The average Bonchev–Trinajstić information content (AvgIpc) is 3.46. The molecule has 0 aliphatic carbocycles. The first kappa shape index (κ1) is 29.8. The molecule has 1 aromatic heterocycles. The molecule has 5 rings (SSSR count). The van der Waals surface area contributed by atoms with Gasteiger partial charge in [0.2, 0.25) is 0 Å². The normalized spacial score (nSPS) is 18.4. The molecule has 8 nitrogen and oxygen atoms in total. The number of anilines is 2. The van der Waals surface area contributed by atoms with Gasteiger partial charge in [0, 0.05) is 59.7 Å². The summed E-state index contributed by atoms with van der Waals surface area (Å²) >= 11 is 13.0. The molecular formula is C33H42Cl2N8. The molecule has 1 atom stereocenters. The van der Waals surface area contributed by atoms with Crippen LogP contribution >= 0.6 is 23.2 Å². The Morgan fingerprint density at radius 1 is 1.12 bits per heavy atom. The second kappa shape index (κ2) is 12.4. The van der Waals surface area contributed by atoms with Gasteiger partial charge in [-0.25, -0.2) is 0 Å². The molecule has 0 amide bonds. The third kappa shape index (κ3) is 7.30. The predicted molar refractivity (Wildman–Crippen MR) is 178 cm³/mol. The number of benzene rings is 2. The minimum absolute atomic E-state index is 0.0181. The summed E-state index contributed by atoms with van der Waals surface area (Å²) in [6.07, 6.45) is 5.55. The molecule has 1 fully saturated rings. The summed E-state index contributed by atoms with van der Waals surface area (Å²) in [7, 11) is 0. The van der Waals surface area contributed by atoms with Crippen LogP contribution in [-0.4, -0.2) is 46.1 Å². The van der Waals surface area contributed by atoms with Crippen LogP contribution in [0.2, 0.25) is 10.0 Å². The number of halogens is 2. The Hall–Kier alpha value is -3.22. The molecule has 43 heavy (non-hydrogen) atoms. The van der Waals surface area contributed by atoms with Gasteiger partial charge in [-0.2, -0.15) is 5.26 Å². The van der Waals surface area contributed by atoms with Crippen molar-refractivity contribution in [3.63, 3.8) is 0 Å². The number of pyridine rings is 1. The number of piperidine rings is 1. The highest BCUT2D eigenvalue weighted by atomic mass is 35.5. The first-order valence-corrected chi connectivity index (χ1v) is 15.5. The summed E-state index contributed by atoms with van der Waals surface area (Å²) in [5, 5.41) is 20.6. The zero-order valence-corrected chi connectivity index (χ0v) is 27.3. The van der Waals surface area contributed by atoms with Crippen LogP contribution < -0.4 is 21.6 Å². The van der Waals surface area contributed by atoms with E-state index in [0.29, 0.717) is 55.7 Å². The topological polar surface area (TPSA) is 91.3 Å². The van der Waals surface area contributed by atoms with E-state index < -0.39 is 6.02 Å². The van der Waals surface area contributed by atoms with Crippen molar-refractivity contribution in [1.29, 1.82) is 5.26 Å². The highest BCUT2D eigenvalue weighted by Crippen LogP contribution is 2.37. The summed E-state index contributed by atoms with van der Waals surface area (Å²) in [5.41, 5.74) is 10.3. The number of nitriles is 1. The van der Waals surface area contributed by atoms with Crippen LogP contribution in [0.5, 0.6) is 0 Å². The molecule has 0 radical (unpaired) electrons. The van der Waals surface area contributed by atoms with Crippen molar-refractivity contribution in [1.82, 2.24) is 25.9 Å². The van der Waals surface area contributed by atoms with Crippen molar-refractivity contribution >= 4 is 45.5 Å². The lowest BCUT2D eigenvalue weighted by Crippen LogP contribution is -2.52. The molecule has 228 valence electrons. The Balaban J connectivity index is 1.51. The van der Waals surface area contributed by atoms with E-state index in [4.69, 9.17) is 23.2 Å². The smallest absolute Gasteiger partial charge is 0.103 e. The van der Waals surface area contributed by atoms with E-state index >= 15 is 0 Å². The van der Waals surface area contributed by atoms with Crippen molar-refractivity contribution < 1.29 is 1.37 Å². The number of hydrogen-bond acceptors (Lipinski definition) is 8. The average molecular weight is 623 g/mol. The van der Waals surface area contributed by atoms with Gasteiger partial charge in [-0.3, -0.25) is 14.9 Å². The zero-order valence-electron chi connectivity index (χ0n) is 26.8. The predicted octanol–water partition coefficient (Wildman–Crippen LogP) is 7.45. The molecule has 3 heterocycles. The van der Waals surface area contributed by atoms with Gasteiger partial charge in [0.1, 0.15) is 6.07 Å². The Morgan fingerprint density at radius 2 is 1.81 bits per heavy atom. The minimum Gasteiger partial charge on any atom is -0.383 e. The number of rotatable bonds is 7. The molecule has 0 spiro atoms. The highest BCUT2D eigenvalue weighted by Gasteiger charge is 2.32. The molecule has 10 heteroatoms. The lowest BCUT2D eigenvalue weighted by molar-refractivity contribution is 0.0570. The molecule has 2 aliphatic rings. The van der Waals surface area contributed by atoms with Gasteiger partial charge in [-0.15, -0.1) is 5.53 Å². The number of nitrogens with zero attached hydrogens (tertiary/aromatic N) is 4. The van der Waals surface area contributed by atoms with E-state index in [9.17, 15) is 6.63 Å². The lowest BCUT2D eigenvalue weighted by atomic mass is 9.96. The van der Waals surface area contributed by atoms with Crippen LogP contribution in [0.1, 0.15) is 72.9 Å². The van der Waals surface area contributed by atoms with E-state index in [2.05, 4.69) is 84.1 Å². The molecule has 0 bridgehead atoms. The van der Waals surface area contributed by atoms with Gasteiger partial charge < -0.3 is 16.1 Å². The van der Waals surface area contributed by atoms with Crippen molar-refractivity contribution in [3.05, 3.63) is 75.7 Å². The zero-order chi connectivity index (χ0) is 31.9. The number of nitrogens with one attached hydrogen (secondary N) is 4. The molecule has 3 aromatic rings. The van der Waals surface area contributed by atoms with Gasteiger partial charge in [-0.05, 0) is 68.9 Å². The number of hydrazine groups is 2. The van der Waals surface area contributed by atoms with Crippen molar-refractivity contribution in [2.75, 3.05) is 30.3 Å².